The fourth-order valence-electron chi connectivity index (χ4n) is 4.99. The molecule has 3 aromatic heterocycles. The number of carbonyl (C=O) groups excluding carboxylic acids is 1. The summed E-state index contributed by atoms with van der Waals surface area (Å²) in [7, 11) is 0. The van der Waals surface area contributed by atoms with Gasteiger partial charge in [-0.2, -0.15) is 5.10 Å². The van der Waals surface area contributed by atoms with Crippen LogP contribution in [0.4, 0.5) is 11.5 Å². The number of hydrogen-bond acceptors (Lipinski definition) is 6. The van der Waals surface area contributed by atoms with E-state index in [1.54, 1.807) is 16.9 Å². The highest BCUT2D eigenvalue weighted by atomic mass is 16.2. The van der Waals surface area contributed by atoms with E-state index >= 15 is 0 Å². The molecule has 1 aliphatic heterocycles. The van der Waals surface area contributed by atoms with E-state index < -0.39 is 0 Å². The Morgan fingerprint density at radius 3 is 2.97 bits per heavy atom. The number of piperidine rings is 1. The lowest BCUT2D eigenvalue weighted by Gasteiger charge is -2.32. The van der Waals surface area contributed by atoms with E-state index in [4.69, 9.17) is 0 Å². The highest BCUT2D eigenvalue weighted by Crippen LogP contribution is 2.58. The van der Waals surface area contributed by atoms with Gasteiger partial charge in [-0.1, -0.05) is 6.07 Å². The summed E-state index contributed by atoms with van der Waals surface area (Å²) in [6.45, 7) is 4.23. The van der Waals surface area contributed by atoms with Gasteiger partial charge in [-0.15, -0.1) is 10.2 Å². The first-order valence-electron chi connectivity index (χ1n) is 10.8. The number of benzene rings is 1. The second-order valence-corrected chi connectivity index (χ2v) is 8.94. The largest absolute Gasteiger partial charge is 0.337 e. The Balaban J connectivity index is 1.28. The maximum Gasteiger partial charge on any atom is 0.247 e. The number of nitrogens with one attached hydrogen (secondary N) is 1. The van der Waals surface area contributed by atoms with E-state index in [2.05, 4.69) is 37.4 Å². The smallest absolute Gasteiger partial charge is 0.247 e. The normalized spacial score (nSPS) is 23.9. The van der Waals surface area contributed by atoms with Crippen LogP contribution in [-0.2, 0) is 4.79 Å². The summed E-state index contributed by atoms with van der Waals surface area (Å²) in [6, 6.07) is 13.3. The average molecular weight is 425 g/mol. The van der Waals surface area contributed by atoms with Crippen LogP contribution in [-0.4, -0.2) is 42.3 Å². The predicted octanol–water partition coefficient (Wildman–Crippen LogP) is 3.49. The summed E-state index contributed by atoms with van der Waals surface area (Å²) in [5, 5.41) is 16.0. The van der Waals surface area contributed by atoms with Gasteiger partial charge in [-0.25, -0.2) is 9.50 Å². The molecule has 0 radical (unpaired) electrons. The molecule has 160 valence electrons. The van der Waals surface area contributed by atoms with Gasteiger partial charge in [-0.3, -0.25) is 4.79 Å². The van der Waals surface area contributed by atoms with Crippen LogP contribution in [0, 0.1) is 12.8 Å². The molecule has 1 amide bonds. The van der Waals surface area contributed by atoms with Gasteiger partial charge >= 0.3 is 0 Å². The van der Waals surface area contributed by atoms with Crippen molar-refractivity contribution in [3.05, 3.63) is 66.6 Å². The number of fused-ring (bicyclic) bond motifs is 2. The summed E-state index contributed by atoms with van der Waals surface area (Å²) < 4.78 is 1.80. The first-order valence-corrected chi connectivity index (χ1v) is 10.8. The number of rotatable bonds is 4. The van der Waals surface area contributed by atoms with E-state index in [1.165, 1.54) is 0 Å². The van der Waals surface area contributed by atoms with E-state index in [0.29, 0.717) is 11.7 Å². The van der Waals surface area contributed by atoms with Gasteiger partial charge in [0.1, 0.15) is 6.04 Å². The fraction of sp³-hybridized carbons (Fsp3) is 0.292. The minimum absolute atomic E-state index is 0.0174. The number of amides is 1. The molecule has 2 fully saturated rings. The lowest BCUT2D eigenvalue weighted by Crippen LogP contribution is -2.46. The Morgan fingerprint density at radius 2 is 2.12 bits per heavy atom. The molecule has 0 spiro atoms. The molecular formula is C24H23N7O. The van der Waals surface area contributed by atoms with Gasteiger partial charge in [0.2, 0.25) is 5.91 Å². The number of hydrogen-bond donors (Lipinski definition) is 1. The van der Waals surface area contributed by atoms with Gasteiger partial charge < -0.3 is 10.2 Å². The van der Waals surface area contributed by atoms with E-state index in [9.17, 15) is 4.79 Å². The van der Waals surface area contributed by atoms with Crippen LogP contribution in [0.15, 0.2) is 61.1 Å². The van der Waals surface area contributed by atoms with Gasteiger partial charge in [0.15, 0.2) is 11.6 Å². The maximum absolute atomic E-state index is 13.3. The zero-order valence-corrected chi connectivity index (χ0v) is 17.9. The highest BCUT2D eigenvalue weighted by Gasteiger charge is 2.64. The van der Waals surface area contributed by atoms with Crippen LogP contribution in [0.1, 0.15) is 25.3 Å². The molecule has 1 N–H and O–H groups in total. The topological polar surface area (TPSA) is 88.3 Å². The van der Waals surface area contributed by atoms with Crippen molar-refractivity contribution >= 4 is 22.9 Å². The minimum Gasteiger partial charge on any atom is -0.337 e. The van der Waals surface area contributed by atoms with E-state index in [-0.39, 0.29) is 17.5 Å². The lowest BCUT2D eigenvalue weighted by molar-refractivity contribution is -0.117. The molecular weight excluding hydrogens is 402 g/mol. The third-order valence-electron chi connectivity index (χ3n) is 6.88. The molecule has 2 aliphatic rings. The van der Waals surface area contributed by atoms with Crippen LogP contribution in [0.25, 0.3) is 16.9 Å². The minimum atomic E-state index is -0.271. The van der Waals surface area contributed by atoms with Crippen molar-refractivity contribution in [1.82, 2.24) is 24.8 Å². The Morgan fingerprint density at radius 1 is 1.22 bits per heavy atom. The Bertz CT molecular complexity index is 1330. The summed E-state index contributed by atoms with van der Waals surface area (Å²) >= 11 is 0. The van der Waals surface area contributed by atoms with Crippen molar-refractivity contribution in [1.29, 1.82) is 0 Å². The van der Waals surface area contributed by atoms with Gasteiger partial charge in [0.05, 0.1) is 11.7 Å². The number of aromatic nitrogens is 5. The summed E-state index contributed by atoms with van der Waals surface area (Å²) in [6.07, 6.45) is 7.26. The molecule has 6 rings (SSSR count). The molecule has 4 aromatic rings. The van der Waals surface area contributed by atoms with Crippen molar-refractivity contribution in [3.8, 4) is 11.4 Å². The maximum atomic E-state index is 13.3. The van der Waals surface area contributed by atoms with Crippen molar-refractivity contribution in [2.24, 2.45) is 5.92 Å². The number of nitrogens with zero attached hydrogens (tertiary/aromatic N) is 6. The van der Waals surface area contributed by atoms with Crippen molar-refractivity contribution in [3.63, 3.8) is 0 Å². The SMILES string of the molecule is Cc1ccc(NC(=O)[C@@H]2C[C@H]3CC3(C)N2c2cccnn2)cc1-c1ncc2cccn2n1. The molecule has 4 heterocycles. The molecule has 1 saturated carbocycles. The molecule has 3 atom stereocenters. The second kappa shape index (κ2) is 6.85. The van der Waals surface area contributed by atoms with E-state index in [0.717, 1.165) is 41.0 Å². The van der Waals surface area contributed by atoms with E-state index in [1.807, 2.05) is 55.6 Å². The molecule has 8 nitrogen and oxygen atoms in total. The van der Waals surface area contributed by atoms with Gasteiger partial charge in [0, 0.05) is 29.2 Å². The number of aryl methyl sites for hydroxylation is 1. The third kappa shape index (κ3) is 2.94. The second-order valence-electron chi connectivity index (χ2n) is 8.94. The predicted molar refractivity (Wildman–Crippen MR) is 121 cm³/mol. The molecule has 1 saturated heterocycles. The van der Waals surface area contributed by atoms with Crippen LogP contribution in [0.2, 0.25) is 0 Å². The summed E-state index contributed by atoms with van der Waals surface area (Å²) in [5.74, 6) is 1.86. The fourth-order valence-corrected chi connectivity index (χ4v) is 4.99. The molecule has 32 heavy (non-hydrogen) atoms. The number of anilines is 2. The molecule has 1 aromatic carbocycles. The Kier molecular flexibility index (Phi) is 4.05. The first-order chi connectivity index (χ1) is 15.5. The van der Waals surface area contributed by atoms with Crippen molar-refractivity contribution < 1.29 is 4.79 Å². The molecule has 1 unspecified atom stereocenters. The van der Waals surface area contributed by atoms with Crippen LogP contribution < -0.4 is 10.2 Å². The molecule has 1 aliphatic carbocycles. The van der Waals surface area contributed by atoms with Crippen LogP contribution in [0.5, 0.6) is 0 Å². The lowest BCUT2D eigenvalue weighted by atomic mass is 10.1. The molecule has 0 bridgehead atoms. The highest BCUT2D eigenvalue weighted by molar-refractivity contribution is 5.98. The Labute approximate surface area is 185 Å². The monoisotopic (exact) mass is 425 g/mol. The summed E-state index contributed by atoms with van der Waals surface area (Å²) in [4.78, 5) is 20.0. The van der Waals surface area contributed by atoms with Crippen molar-refractivity contribution in [2.45, 2.75) is 38.3 Å². The zero-order chi connectivity index (χ0) is 21.9. The summed E-state index contributed by atoms with van der Waals surface area (Å²) in [5.41, 5.74) is 3.59. The first kappa shape index (κ1) is 18.9. The van der Waals surface area contributed by atoms with Gasteiger partial charge in [-0.05, 0) is 74.6 Å². The standard InChI is InChI=1S/C24H23N7O/c1-15-7-8-17(12-19(15)22-25-14-18-5-4-10-30(18)29-22)27-23(32)20-11-16-13-24(16,2)31(20)21-6-3-9-26-28-21/h3-10,12,14,16,20H,11,13H2,1-2H3,(H,27,32)/t16-,20-,24?/m0/s1. The van der Waals surface area contributed by atoms with Crippen LogP contribution in [0.3, 0.4) is 0 Å². The zero-order valence-electron chi connectivity index (χ0n) is 17.9. The average Bonchev–Trinajstić information content (AvgIpc) is 3.12. The Hall–Kier alpha value is -3.81. The quantitative estimate of drug-likeness (QED) is 0.538. The van der Waals surface area contributed by atoms with Gasteiger partial charge in [0.25, 0.3) is 0 Å². The van der Waals surface area contributed by atoms with Crippen LogP contribution >= 0.6 is 0 Å². The third-order valence-corrected chi connectivity index (χ3v) is 6.88. The van der Waals surface area contributed by atoms with Crippen molar-refractivity contribution in [2.75, 3.05) is 10.2 Å². The number of carbonyl (C=O) groups is 1. The molecule has 8 heteroatoms.